The Balaban J connectivity index is 1.31. The number of ketones is 1. The minimum absolute atomic E-state index is 0.00762. The zero-order valence-corrected chi connectivity index (χ0v) is 20.4. The van der Waals surface area contributed by atoms with Gasteiger partial charge < -0.3 is 24.4 Å². The first-order valence-electron chi connectivity index (χ1n) is 13.0. The maximum atomic E-state index is 13.3. The van der Waals surface area contributed by atoms with Crippen molar-refractivity contribution in [1.82, 2.24) is 0 Å². The van der Waals surface area contributed by atoms with Gasteiger partial charge >= 0.3 is 0 Å². The molecule has 6 nitrogen and oxygen atoms in total. The number of carbonyl (C=O) groups is 1. The molecule has 33 heavy (non-hydrogen) atoms. The van der Waals surface area contributed by atoms with E-state index in [0.717, 1.165) is 25.7 Å². The first kappa shape index (κ1) is 21.5. The van der Waals surface area contributed by atoms with E-state index < -0.39 is 22.4 Å². The molecule has 3 aliphatic heterocycles. The molecular formula is C27H38O6. The van der Waals surface area contributed by atoms with Crippen molar-refractivity contribution in [3.8, 4) is 0 Å². The van der Waals surface area contributed by atoms with Crippen LogP contribution in [0.1, 0.15) is 66.7 Å². The van der Waals surface area contributed by atoms with Crippen LogP contribution < -0.4 is 0 Å². The molecule has 4 aliphatic carbocycles. The standard InChI is InChI=1S/C27H38O6/c1-13-11-18-25(4,29)21-16(32-26(13,5)33-18)12-15-19-14(8-10-23(15,21)2)24(3)17(28)7-6-9-27(24,30)22-20(19)31-22/h6-7,13-16,18-22,29-30H,8-12H2,1-5H3/t13-,14?,15?,16?,18?,19?,20+,21?,22+,23+,24+,25+,26+,27+/m1/s1. The summed E-state index contributed by atoms with van der Waals surface area (Å²) in [5.41, 5.74) is -3.03. The summed E-state index contributed by atoms with van der Waals surface area (Å²) < 4.78 is 19.4. The van der Waals surface area contributed by atoms with Gasteiger partial charge in [0.2, 0.25) is 0 Å². The van der Waals surface area contributed by atoms with Crippen LogP contribution >= 0.6 is 0 Å². The molecule has 6 heteroatoms. The van der Waals surface area contributed by atoms with E-state index in [1.165, 1.54) is 0 Å². The second-order valence-electron chi connectivity index (χ2n) is 13.3. The predicted octanol–water partition coefficient (Wildman–Crippen LogP) is 2.99. The Bertz CT molecular complexity index is 960. The number of hydrogen-bond acceptors (Lipinski definition) is 6. The van der Waals surface area contributed by atoms with Crippen LogP contribution in [-0.2, 0) is 19.0 Å². The Labute approximate surface area is 196 Å². The summed E-state index contributed by atoms with van der Waals surface area (Å²) in [6.07, 6.45) is 6.83. The predicted molar refractivity (Wildman–Crippen MR) is 119 cm³/mol. The SMILES string of the molecule is C[C@@H]1CC2O[C@]1(C)OC1CC3C4C(CC[C@]3(C)C1[C@@]2(C)O)[C@@]1(C)C(=O)C=CC[C@]1(O)[C@H]1O[C@@H]41. The van der Waals surface area contributed by atoms with Crippen molar-refractivity contribution in [2.75, 3.05) is 0 Å². The highest BCUT2D eigenvalue weighted by atomic mass is 16.7. The van der Waals surface area contributed by atoms with Crippen LogP contribution in [0, 0.1) is 40.4 Å². The number of carbonyl (C=O) groups excluding carboxylic acids is 1. The fraction of sp³-hybridized carbons (Fsp3) is 0.889. The smallest absolute Gasteiger partial charge is 0.169 e. The lowest BCUT2D eigenvalue weighted by Gasteiger charge is -2.60. The second-order valence-corrected chi connectivity index (χ2v) is 13.3. The molecule has 0 radical (unpaired) electrons. The monoisotopic (exact) mass is 458 g/mol. The van der Waals surface area contributed by atoms with Gasteiger partial charge in [0, 0.05) is 11.8 Å². The Morgan fingerprint density at radius 1 is 1.06 bits per heavy atom. The van der Waals surface area contributed by atoms with Gasteiger partial charge in [-0.2, -0.15) is 0 Å². The van der Waals surface area contributed by atoms with Crippen molar-refractivity contribution < 1.29 is 29.2 Å². The summed E-state index contributed by atoms with van der Waals surface area (Å²) in [4.78, 5) is 13.3. The van der Waals surface area contributed by atoms with Crippen LogP contribution in [0.5, 0.6) is 0 Å². The van der Waals surface area contributed by atoms with Crippen LogP contribution in [0.15, 0.2) is 12.2 Å². The second kappa shape index (κ2) is 5.95. The van der Waals surface area contributed by atoms with Crippen molar-refractivity contribution in [2.24, 2.45) is 40.4 Å². The van der Waals surface area contributed by atoms with Crippen molar-refractivity contribution >= 4 is 5.78 Å². The Morgan fingerprint density at radius 2 is 1.82 bits per heavy atom. The van der Waals surface area contributed by atoms with E-state index in [4.69, 9.17) is 14.2 Å². The molecule has 0 spiro atoms. The molecule has 0 aromatic rings. The van der Waals surface area contributed by atoms with Crippen LogP contribution in [0.25, 0.3) is 0 Å². The number of fused-ring (bicyclic) bond motifs is 12. The third-order valence-corrected chi connectivity index (χ3v) is 12.1. The number of aliphatic hydroxyl groups is 2. The lowest BCUT2D eigenvalue weighted by Crippen LogP contribution is -2.67. The summed E-state index contributed by atoms with van der Waals surface area (Å²) in [5.74, 6) is 0.142. The molecule has 0 aromatic heterocycles. The molecule has 3 saturated carbocycles. The number of epoxide rings is 1. The minimum Gasteiger partial charge on any atom is -0.387 e. The average Bonchev–Trinajstić information content (AvgIpc) is 3.41. The quantitative estimate of drug-likeness (QED) is 0.543. The Hall–Kier alpha value is -0.790. The van der Waals surface area contributed by atoms with E-state index >= 15 is 0 Å². The van der Waals surface area contributed by atoms with Crippen molar-refractivity contribution in [2.45, 2.75) is 108 Å². The molecule has 2 N–H and O–H groups in total. The van der Waals surface area contributed by atoms with Gasteiger partial charge in [-0.3, -0.25) is 4.79 Å². The number of ether oxygens (including phenoxy) is 3. The van der Waals surface area contributed by atoms with Crippen molar-refractivity contribution in [1.29, 1.82) is 0 Å². The Morgan fingerprint density at radius 3 is 2.58 bits per heavy atom. The van der Waals surface area contributed by atoms with Gasteiger partial charge in [-0.1, -0.05) is 19.9 Å². The minimum atomic E-state index is -1.11. The maximum absolute atomic E-state index is 13.3. The fourth-order valence-corrected chi connectivity index (χ4v) is 10.1. The molecular weight excluding hydrogens is 420 g/mol. The first-order chi connectivity index (χ1) is 15.4. The van der Waals surface area contributed by atoms with Gasteiger partial charge in [-0.05, 0) is 82.1 Å². The van der Waals surface area contributed by atoms with Gasteiger partial charge in [0.05, 0.1) is 29.3 Å². The zero-order chi connectivity index (χ0) is 23.3. The highest BCUT2D eigenvalue weighted by Gasteiger charge is 2.79. The highest BCUT2D eigenvalue weighted by molar-refractivity contribution is 5.97. The summed E-state index contributed by atoms with van der Waals surface area (Å²) >= 11 is 0. The van der Waals surface area contributed by atoms with Gasteiger partial charge in [-0.25, -0.2) is 0 Å². The molecule has 14 atom stereocenters. The van der Waals surface area contributed by atoms with Gasteiger partial charge in [0.15, 0.2) is 11.6 Å². The van der Waals surface area contributed by atoms with Crippen LogP contribution in [-0.4, -0.2) is 57.4 Å². The van der Waals surface area contributed by atoms with Gasteiger partial charge in [-0.15, -0.1) is 0 Å². The third-order valence-electron chi connectivity index (χ3n) is 12.1. The normalized spacial score (nSPS) is 67.1. The number of allylic oxidation sites excluding steroid dienone is 1. The number of hydrogen-bond donors (Lipinski definition) is 2. The van der Waals surface area contributed by atoms with Crippen LogP contribution in [0.4, 0.5) is 0 Å². The van der Waals surface area contributed by atoms with Crippen LogP contribution in [0.3, 0.4) is 0 Å². The molecule has 182 valence electrons. The lowest BCUT2D eigenvalue weighted by molar-refractivity contribution is -0.245. The topological polar surface area (TPSA) is 88.5 Å². The molecule has 6 unspecified atom stereocenters. The van der Waals surface area contributed by atoms with E-state index in [9.17, 15) is 15.0 Å². The zero-order valence-electron chi connectivity index (χ0n) is 20.4. The molecule has 0 amide bonds. The molecule has 2 bridgehead atoms. The summed E-state index contributed by atoms with van der Waals surface area (Å²) in [5, 5.41) is 23.8. The third kappa shape index (κ3) is 2.23. The van der Waals surface area contributed by atoms with E-state index in [1.54, 1.807) is 6.08 Å². The van der Waals surface area contributed by atoms with E-state index in [1.807, 2.05) is 26.8 Å². The summed E-state index contributed by atoms with van der Waals surface area (Å²) in [6, 6.07) is 0. The summed E-state index contributed by atoms with van der Waals surface area (Å²) in [6.45, 7) is 10.5. The van der Waals surface area contributed by atoms with Crippen molar-refractivity contribution in [3.63, 3.8) is 0 Å². The van der Waals surface area contributed by atoms with E-state index in [-0.39, 0.29) is 65.2 Å². The van der Waals surface area contributed by atoms with Crippen LogP contribution in [0.2, 0.25) is 0 Å². The average molecular weight is 459 g/mol. The fourth-order valence-electron chi connectivity index (χ4n) is 10.1. The largest absolute Gasteiger partial charge is 0.387 e. The Kier molecular flexibility index (Phi) is 3.87. The number of rotatable bonds is 0. The summed E-state index contributed by atoms with van der Waals surface area (Å²) in [7, 11) is 0. The molecule has 7 rings (SSSR count). The molecule has 7 aliphatic rings. The van der Waals surface area contributed by atoms with E-state index in [2.05, 4.69) is 13.8 Å². The van der Waals surface area contributed by atoms with Crippen molar-refractivity contribution in [3.05, 3.63) is 12.2 Å². The maximum Gasteiger partial charge on any atom is 0.169 e. The van der Waals surface area contributed by atoms with E-state index in [0.29, 0.717) is 6.42 Å². The molecule has 3 heterocycles. The van der Waals surface area contributed by atoms with Gasteiger partial charge in [0.1, 0.15) is 11.7 Å². The molecule has 6 fully saturated rings. The highest BCUT2D eigenvalue weighted by Crippen LogP contribution is 2.73. The first-order valence-corrected chi connectivity index (χ1v) is 13.0. The molecule has 3 saturated heterocycles. The van der Waals surface area contributed by atoms with Gasteiger partial charge in [0.25, 0.3) is 0 Å². The lowest BCUT2D eigenvalue weighted by atomic mass is 9.43. The molecule has 0 aromatic carbocycles.